The van der Waals surface area contributed by atoms with Gasteiger partial charge in [-0.25, -0.2) is 0 Å². The van der Waals surface area contributed by atoms with Crippen LogP contribution in [0.15, 0.2) is 27.8 Å². The van der Waals surface area contributed by atoms with E-state index in [9.17, 15) is 4.79 Å². The first-order valence-corrected chi connectivity index (χ1v) is 8.13. The van der Waals surface area contributed by atoms with Gasteiger partial charge in [0.25, 0.3) is 5.22 Å². The van der Waals surface area contributed by atoms with E-state index in [4.69, 9.17) is 19.2 Å². The predicted octanol–water partition coefficient (Wildman–Crippen LogP) is 1.93. The van der Waals surface area contributed by atoms with Crippen molar-refractivity contribution >= 4 is 17.7 Å². The van der Waals surface area contributed by atoms with Gasteiger partial charge in [-0.1, -0.05) is 11.8 Å². The van der Waals surface area contributed by atoms with Crippen molar-refractivity contribution in [1.29, 1.82) is 5.26 Å². The van der Waals surface area contributed by atoms with E-state index in [1.807, 2.05) is 6.07 Å². The summed E-state index contributed by atoms with van der Waals surface area (Å²) in [7, 11) is 1.66. The number of fused-ring (bicyclic) bond motifs is 1. The van der Waals surface area contributed by atoms with Gasteiger partial charge in [0.2, 0.25) is 18.6 Å². The number of carbonyl (C=O) groups excluding carboxylic acids is 1. The Labute approximate surface area is 142 Å². The molecule has 0 spiro atoms. The normalized spacial score (nSPS) is 12.0. The number of rotatable bonds is 6. The molecule has 124 valence electrons. The maximum atomic E-state index is 11.9. The van der Waals surface area contributed by atoms with Crippen molar-refractivity contribution in [2.75, 3.05) is 26.1 Å². The third-order valence-electron chi connectivity index (χ3n) is 3.33. The van der Waals surface area contributed by atoms with Crippen molar-refractivity contribution in [3.8, 4) is 29.0 Å². The molecular formula is C15H14N4O4S. The summed E-state index contributed by atoms with van der Waals surface area (Å²) in [5.74, 6) is 1.73. The second-order valence-corrected chi connectivity index (χ2v) is 5.88. The van der Waals surface area contributed by atoms with Gasteiger partial charge < -0.3 is 18.8 Å². The first-order chi connectivity index (χ1) is 11.7. The molecule has 0 saturated carbocycles. The molecule has 2 aromatic rings. The zero-order valence-corrected chi connectivity index (χ0v) is 13.7. The average molecular weight is 346 g/mol. The second-order valence-electron chi connectivity index (χ2n) is 4.95. The standard InChI is InChI=1S/C15H14N4O4S/c1-19(6-2-5-16)13(20)8-24-15-18-17-14(23-15)10-3-4-11-12(7-10)22-9-21-11/h3-4,7H,2,6,8-9H2,1H3. The van der Waals surface area contributed by atoms with Gasteiger partial charge in [-0.2, -0.15) is 5.26 Å². The molecule has 3 rings (SSSR count). The van der Waals surface area contributed by atoms with E-state index in [0.717, 1.165) is 17.3 Å². The lowest BCUT2D eigenvalue weighted by Crippen LogP contribution is -2.29. The van der Waals surface area contributed by atoms with Crippen LogP contribution >= 0.6 is 11.8 Å². The van der Waals surface area contributed by atoms with Gasteiger partial charge in [0, 0.05) is 19.2 Å². The summed E-state index contributed by atoms with van der Waals surface area (Å²) in [4.78, 5) is 13.4. The molecule has 24 heavy (non-hydrogen) atoms. The number of benzene rings is 1. The van der Waals surface area contributed by atoms with Crippen molar-refractivity contribution in [2.45, 2.75) is 11.6 Å². The summed E-state index contributed by atoms with van der Waals surface area (Å²) in [5.41, 5.74) is 0.719. The van der Waals surface area contributed by atoms with Crippen LogP contribution in [0.2, 0.25) is 0 Å². The highest BCUT2D eigenvalue weighted by molar-refractivity contribution is 7.99. The lowest BCUT2D eigenvalue weighted by Gasteiger charge is -2.13. The zero-order chi connectivity index (χ0) is 16.9. The topological polar surface area (TPSA) is 101 Å². The van der Waals surface area contributed by atoms with Crippen LogP contribution in [0.3, 0.4) is 0 Å². The van der Waals surface area contributed by atoms with Crippen molar-refractivity contribution in [2.24, 2.45) is 0 Å². The Bertz CT molecular complexity index is 786. The van der Waals surface area contributed by atoms with E-state index in [2.05, 4.69) is 10.2 Å². The lowest BCUT2D eigenvalue weighted by atomic mass is 10.2. The van der Waals surface area contributed by atoms with Gasteiger partial charge >= 0.3 is 0 Å². The zero-order valence-electron chi connectivity index (χ0n) is 12.9. The van der Waals surface area contributed by atoms with Crippen LogP contribution in [0.4, 0.5) is 0 Å². The Morgan fingerprint density at radius 3 is 3.04 bits per heavy atom. The molecule has 0 radical (unpaired) electrons. The first kappa shape index (κ1) is 16.1. The molecule has 8 nitrogen and oxygen atoms in total. The second kappa shape index (κ2) is 7.23. The largest absolute Gasteiger partial charge is 0.454 e. The number of hydrogen-bond donors (Lipinski definition) is 0. The van der Waals surface area contributed by atoms with Crippen LogP contribution < -0.4 is 9.47 Å². The molecule has 0 saturated heterocycles. The summed E-state index contributed by atoms with van der Waals surface area (Å²) >= 11 is 1.16. The quantitative estimate of drug-likeness (QED) is 0.731. The Kier molecular flexibility index (Phi) is 4.86. The minimum atomic E-state index is -0.0990. The molecule has 1 aliphatic rings. The van der Waals surface area contributed by atoms with Crippen LogP contribution in [-0.2, 0) is 4.79 Å². The summed E-state index contributed by atoms with van der Waals surface area (Å²) in [5, 5.41) is 16.8. The Balaban J connectivity index is 1.60. The van der Waals surface area contributed by atoms with Crippen LogP contribution in [0.1, 0.15) is 6.42 Å². The number of carbonyl (C=O) groups is 1. The van der Waals surface area contributed by atoms with Gasteiger partial charge in [0.15, 0.2) is 11.5 Å². The Morgan fingerprint density at radius 2 is 2.21 bits per heavy atom. The molecule has 0 unspecified atom stereocenters. The Hall–Kier alpha value is -2.73. The molecule has 0 aliphatic carbocycles. The number of amides is 1. The van der Waals surface area contributed by atoms with E-state index in [1.165, 1.54) is 4.90 Å². The van der Waals surface area contributed by atoms with Crippen molar-refractivity contribution in [1.82, 2.24) is 15.1 Å². The van der Waals surface area contributed by atoms with E-state index in [-0.39, 0.29) is 18.5 Å². The van der Waals surface area contributed by atoms with Crippen LogP contribution in [0.5, 0.6) is 11.5 Å². The van der Waals surface area contributed by atoms with Gasteiger partial charge in [-0.3, -0.25) is 4.79 Å². The maximum Gasteiger partial charge on any atom is 0.277 e. The van der Waals surface area contributed by atoms with Gasteiger partial charge in [0.05, 0.1) is 18.2 Å². The summed E-state index contributed by atoms with van der Waals surface area (Å²) < 4.78 is 16.1. The van der Waals surface area contributed by atoms with Gasteiger partial charge in [0.1, 0.15) is 0 Å². The average Bonchev–Trinajstić information content (AvgIpc) is 3.25. The molecule has 1 amide bonds. The predicted molar refractivity (Wildman–Crippen MR) is 84.4 cm³/mol. The number of hydrogen-bond acceptors (Lipinski definition) is 8. The Morgan fingerprint density at radius 1 is 1.38 bits per heavy atom. The number of nitrogens with zero attached hydrogens (tertiary/aromatic N) is 4. The monoisotopic (exact) mass is 346 g/mol. The van der Waals surface area contributed by atoms with Crippen LogP contribution in [-0.4, -0.2) is 47.1 Å². The third kappa shape index (κ3) is 3.60. The molecule has 0 atom stereocenters. The highest BCUT2D eigenvalue weighted by Gasteiger charge is 2.17. The molecule has 0 fully saturated rings. The van der Waals surface area contributed by atoms with E-state index >= 15 is 0 Å². The highest BCUT2D eigenvalue weighted by atomic mass is 32.2. The fourth-order valence-corrected chi connectivity index (χ4v) is 2.69. The molecule has 0 N–H and O–H groups in total. The van der Waals surface area contributed by atoms with E-state index < -0.39 is 0 Å². The van der Waals surface area contributed by atoms with Crippen LogP contribution in [0.25, 0.3) is 11.5 Å². The highest BCUT2D eigenvalue weighted by Crippen LogP contribution is 2.35. The molecule has 0 bridgehead atoms. The van der Waals surface area contributed by atoms with Crippen molar-refractivity contribution in [3.63, 3.8) is 0 Å². The molecular weight excluding hydrogens is 332 g/mol. The minimum Gasteiger partial charge on any atom is -0.454 e. The van der Waals surface area contributed by atoms with E-state index in [0.29, 0.717) is 35.6 Å². The van der Waals surface area contributed by atoms with Crippen molar-refractivity contribution < 1.29 is 18.7 Å². The maximum absolute atomic E-state index is 11.9. The molecule has 1 aromatic carbocycles. The van der Waals surface area contributed by atoms with Crippen molar-refractivity contribution in [3.05, 3.63) is 18.2 Å². The molecule has 9 heteroatoms. The summed E-state index contributed by atoms with van der Waals surface area (Å²) in [6, 6.07) is 7.36. The minimum absolute atomic E-state index is 0.0990. The first-order valence-electron chi connectivity index (χ1n) is 7.14. The number of thioether (sulfide) groups is 1. The van der Waals surface area contributed by atoms with Gasteiger partial charge in [-0.05, 0) is 18.2 Å². The summed E-state index contributed by atoms with van der Waals surface area (Å²) in [6.07, 6.45) is 0.307. The molecule has 1 aromatic heterocycles. The smallest absolute Gasteiger partial charge is 0.277 e. The fraction of sp³-hybridized carbons (Fsp3) is 0.333. The fourth-order valence-electron chi connectivity index (χ4n) is 1.99. The SMILES string of the molecule is CN(CCC#N)C(=O)CSc1nnc(-c2ccc3c(c2)OCO3)o1. The third-order valence-corrected chi connectivity index (χ3v) is 4.13. The number of aromatic nitrogens is 2. The van der Waals surface area contributed by atoms with Crippen LogP contribution in [0, 0.1) is 11.3 Å². The summed E-state index contributed by atoms with van der Waals surface area (Å²) in [6.45, 7) is 0.604. The number of ether oxygens (including phenoxy) is 2. The molecule has 2 heterocycles. The van der Waals surface area contributed by atoms with E-state index in [1.54, 1.807) is 25.2 Å². The lowest BCUT2D eigenvalue weighted by molar-refractivity contribution is -0.127. The molecule has 1 aliphatic heterocycles. The van der Waals surface area contributed by atoms with Gasteiger partial charge in [-0.15, -0.1) is 10.2 Å². The number of nitriles is 1.